The third-order valence-corrected chi connectivity index (χ3v) is 7.03. The molecule has 0 aliphatic heterocycles. The summed E-state index contributed by atoms with van der Waals surface area (Å²) in [6.07, 6.45) is 4.00. The number of hydrogen-bond donors (Lipinski definition) is 0. The standard InChI is InChI=1S/C23H19N2.C15H10N.Ir/c1-17-13-20(19-9-5-3-6-10-19)14-18(2)23(17)21-15-24-25(16-21)22-11-7-4-8-12-22;1-2-6-12(7-3-1)15-11-10-13-8-4-5-9-14(13)16-15;/h3-11,13-16H,1-2H3;1-6,8-11H;/q2*-1;. The molecule has 0 unspecified atom stereocenters. The Labute approximate surface area is 260 Å². The van der Waals surface area contributed by atoms with Gasteiger partial charge in [-0.05, 0) is 64.5 Å². The molecule has 3 nitrogen and oxygen atoms in total. The van der Waals surface area contributed by atoms with Crippen LogP contribution in [0.15, 0.2) is 140 Å². The van der Waals surface area contributed by atoms with Crippen molar-refractivity contribution >= 4 is 10.9 Å². The summed E-state index contributed by atoms with van der Waals surface area (Å²) in [6, 6.07) is 49.4. The van der Waals surface area contributed by atoms with E-state index >= 15 is 0 Å². The van der Waals surface area contributed by atoms with Crippen LogP contribution in [0, 0.1) is 26.0 Å². The molecule has 2 heterocycles. The molecule has 0 aliphatic rings. The molecular formula is C38H29IrN3-2. The van der Waals surface area contributed by atoms with Crippen LogP contribution in [0.1, 0.15) is 11.1 Å². The third kappa shape index (κ3) is 6.47. The molecule has 1 radical (unpaired) electrons. The Balaban J connectivity index is 0.000000179. The maximum absolute atomic E-state index is 4.61. The van der Waals surface area contributed by atoms with Gasteiger partial charge in [0.05, 0.1) is 11.7 Å². The summed E-state index contributed by atoms with van der Waals surface area (Å²) in [6.45, 7) is 4.33. The van der Waals surface area contributed by atoms with E-state index in [1.807, 2.05) is 89.7 Å². The van der Waals surface area contributed by atoms with Gasteiger partial charge < -0.3 is 0 Å². The fraction of sp³-hybridized carbons (Fsp3) is 0.0526. The van der Waals surface area contributed by atoms with Gasteiger partial charge >= 0.3 is 0 Å². The van der Waals surface area contributed by atoms with Crippen LogP contribution in [0.5, 0.6) is 0 Å². The average molecular weight is 720 g/mol. The molecule has 2 aromatic heterocycles. The summed E-state index contributed by atoms with van der Waals surface area (Å²) >= 11 is 0. The number of nitrogens with zero attached hydrogens (tertiary/aromatic N) is 3. The van der Waals surface area contributed by atoms with E-state index in [2.05, 4.69) is 90.8 Å². The summed E-state index contributed by atoms with van der Waals surface area (Å²) in [5.74, 6) is 0. The first kappa shape index (κ1) is 28.9. The monoisotopic (exact) mass is 720 g/mol. The SMILES string of the molecule is Cc1cc(-c2ccccc2)cc(C)c1-c1cnn(-c2[c-]cccc2)c1.[Ir].[c-]1ccccc1-c1ccc2ccccc2n1. The van der Waals surface area contributed by atoms with Gasteiger partial charge in [-0.25, -0.2) is 0 Å². The van der Waals surface area contributed by atoms with Crippen LogP contribution >= 0.6 is 0 Å². The number of para-hydroxylation sites is 2. The van der Waals surface area contributed by atoms with Crippen LogP contribution in [-0.2, 0) is 20.1 Å². The molecule has 0 spiro atoms. The number of aryl methyl sites for hydroxylation is 2. The van der Waals surface area contributed by atoms with Crippen molar-refractivity contribution in [2.45, 2.75) is 13.8 Å². The van der Waals surface area contributed by atoms with Crippen LogP contribution < -0.4 is 0 Å². The predicted octanol–water partition coefficient (Wildman–Crippen LogP) is 9.32. The minimum Gasteiger partial charge on any atom is -0.296 e. The molecule has 7 aromatic rings. The molecule has 0 bridgehead atoms. The Morgan fingerprint density at radius 1 is 0.619 bits per heavy atom. The molecule has 0 aliphatic carbocycles. The van der Waals surface area contributed by atoms with Gasteiger partial charge in [0, 0.05) is 31.9 Å². The predicted molar refractivity (Wildman–Crippen MR) is 169 cm³/mol. The largest absolute Gasteiger partial charge is 0.296 e. The number of pyridine rings is 1. The van der Waals surface area contributed by atoms with E-state index in [1.165, 1.54) is 33.2 Å². The van der Waals surface area contributed by atoms with Crippen LogP contribution in [0.3, 0.4) is 0 Å². The van der Waals surface area contributed by atoms with E-state index in [9.17, 15) is 0 Å². The van der Waals surface area contributed by atoms with Crippen molar-refractivity contribution in [2.75, 3.05) is 0 Å². The van der Waals surface area contributed by atoms with Gasteiger partial charge in [0.25, 0.3) is 0 Å². The molecular weight excluding hydrogens is 691 g/mol. The molecule has 0 saturated heterocycles. The normalized spacial score (nSPS) is 10.4. The molecule has 207 valence electrons. The van der Waals surface area contributed by atoms with Crippen molar-refractivity contribution in [1.29, 1.82) is 0 Å². The second-order valence-electron chi connectivity index (χ2n) is 9.94. The van der Waals surface area contributed by atoms with Crippen LogP contribution in [-0.4, -0.2) is 14.8 Å². The Bertz CT molecular complexity index is 1870. The van der Waals surface area contributed by atoms with E-state index < -0.39 is 0 Å². The van der Waals surface area contributed by atoms with Gasteiger partial charge in [-0.15, -0.1) is 42.0 Å². The molecule has 0 amide bonds. The zero-order chi connectivity index (χ0) is 28.0. The van der Waals surface area contributed by atoms with Crippen molar-refractivity contribution in [3.05, 3.63) is 163 Å². The maximum atomic E-state index is 4.61. The first-order valence-electron chi connectivity index (χ1n) is 13.7. The van der Waals surface area contributed by atoms with E-state index in [0.29, 0.717) is 0 Å². The summed E-state index contributed by atoms with van der Waals surface area (Å²) in [5, 5.41) is 5.68. The molecule has 0 fully saturated rings. The molecule has 0 saturated carbocycles. The quantitative estimate of drug-likeness (QED) is 0.170. The zero-order valence-corrected chi connectivity index (χ0v) is 25.8. The fourth-order valence-electron chi connectivity index (χ4n) is 5.09. The van der Waals surface area contributed by atoms with Gasteiger partial charge in [-0.3, -0.25) is 9.67 Å². The first-order valence-corrected chi connectivity index (χ1v) is 13.7. The maximum Gasteiger partial charge on any atom is 0.0595 e. The smallest absolute Gasteiger partial charge is 0.0595 e. The Kier molecular flexibility index (Phi) is 9.18. The topological polar surface area (TPSA) is 30.7 Å². The summed E-state index contributed by atoms with van der Waals surface area (Å²) in [5.41, 5.74) is 11.4. The number of fused-ring (bicyclic) bond motifs is 1. The van der Waals surface area contributed by atoms with Crippen molar-refractivity contribution in [2.24, 2.45) is 0 Å². The van der Waals surface area contributed by atoms with Gasteiger partial charge in [0.15, 0.2) is 0 Å². The molecule has 5 aromatic carbocycles. The van der Waals surface area contributed by atoms with Gasteiger partial charge in [-0.1, -0.05) is 72.8 Å². The molecule has 0 N–H and O–H groups in total. The van der Waals surface area contributed by atoms with Crippen molar-refractivity contribution in [1.82, 2.24) is 14.8 Å². The van der Waals surface area contributed by atoms with Crippen LogP contribution in [0.25, 0.3) is 50.1 Å². The number of rotatable bonds is 4. The molecule has 42 heavy (non-hydrogen) atoms. The Morgan fingerprint density at radius 2 is 1.31 bits per heavy atom. The fourth-order valence-corrected chi connectivity index (χ4v) is 5.09. The van der Waals surface area contributed by atoms with Crippen LogP contribution in [0.2, 0.25) is 0 Å². The summed E-state index contributed by atoms with van der Waals surface area (Å²) < 4.78 is 1.87. The van der Waals surface area contributed by atoms with E-state index in [4.69, 9.17) is 0 Å². The van der Waals surface area contributed by atoms with E-state index in [0.717, 1.165) is 28.0 Å². The average Bonchev–Trinajstić information content (AvgIpc) is 3.52. The molecule has 0 atom stereocenters. The minimum atomic E-state index is 0. The van der Waals surface area contributed by atoms with Gasteiger partial charge in [0.2, 0.25) is 0 Å². The van der Waals surface area contributed by atoms with E-state index in [1.54, 1.807) is 0 Å². The van der Waals surface area contributed by atoms with Gasteiger partial charge in [0.1, 0.15) is 0 Å². The van der Waals surface area contributed by atoms with Crippen molar-refractivity contribution in [3.63, 3.8) is 0 Å². The zero-order valence-electron chi connectivity index (χ0n) is 23.5. The number of hydrogen-bond acceptors (Lipinski definition) is 2. The third-order valence-electron chi connectivity index (χ3n) is 7.03. The molecule has 7 rings (SSSR count). The summed E-state index contributed by atoms with van der Waals surface area (Å²) in [7, 11) is 0. The Morgan fingerprint density at radius 3 is 2.02 bits per heavy atom. The second kappa shape index (κ2) is 13.4. The summed E-state index contributed by atoms with van der Waals surface area (Å²) in [4.78, 5) is 4.61. The molecule has 4 heteroatoms. The second-order valence-corrected chi connectivity index (χ2v) is 9.94. The van der Waals surface area contributed by atoms with Crippen LogP contribution in [0.4, 0.5) is 0 Å². The van der Waals surface area contributed by atoms with Crippen molar-refractivity contribution < 1.29 is 20.1 Å². The first-order chi connectivity index (χ1) is 20.2. The minimum absolute atomic E-state index is 0. The van der Waals surface area contributed by atoms with Gasteiger partial charge in [-0.2, -0.15) is 29.4 Å². The van der Waals surface area contributed by atoms with Crippen molar-refractivity contribution in [3.8, 4) is 39.2 Å². The van der Waals surface area contributed by atoms with E-state index in [-0.39, 0.29) is 20.1 Å². The number of aromatic nitrogens is 3. The number of benzene rings is 5. The Hall–Kier alpha value is -4.63.